The van der Waals surface area contributed by atoms with Gasteiger partial charge < -0.3 is 9.67 Å². The van der Waals surface area contributed by atoms with E-state index in [9.17, 15) is 9.90 Å². The lowest BCUT2D eigenvalue weighted by Gasteiger charge is -2.31. The largest absolute Gasteiger partial charge is 0.480 e. The number of hydrogen-bond donors (Lipinski definition) is 1. The molecule has 94 valence electrons. The van der Waals surface area contributed by atoms with Crippen LogP contribution in [0.5, 0.6) is 0 Å². The van der Waals surface area contributed by atoms with E-state index in [2.05, 4.69) is 14.5 Å². The molecular formula is C12H19N3O2. The molecule has 2 heterocycles. The first-order chi connectivity index (χ1) is 8.04. The van der Waals surface area contributed by atoms with Gasteiger partial charge >= 0.3 is 5.97 Å². The van der Waals surface area contributed by atoms with E-state index < -0.39 is 11.5 Å². The minimum Gasteiger partial charge on any atom is -0.480 e. The van der Waals surface area contributed by atoms with Crippen LogP contribution in [0.2, 0.25) is 0 Å². The average molecular weight is 237 g/mol. The van der Waals surface area contributed by atoms with Gasteiger partial charge in [-0.15, -0.1) is 0 Å². The van der Waals surface area contributed by atoms with Crippen LogP contribution in [0.4, 0.5) is 0 Å². The van der Waals surface area contributed by atoms with Gasteiger partial charge in [0.2, 0.25) is 0 Å². The van der Waals surface area contributed by atoms with Crippen LogP contribution < -0.4 is 0 Å². The summed E-state index contributed by atoms with van der Waals surface area (Å²) in [6.07, 6.45) is 5.41. The molecule has 1 atom stereocenters. The molecule has 1 aliphatic heterocycles. The molecule has 1 unspecified atom stereocenters. The van der Waals surface area contributed by atoms with E-state index in [1.807, 2.05) is 20.0 Å². The van der Waals surface area contributed by atoms with E-state index in [0.29, 0.717) is 0 Å². The third-order valence-electron chi connectivity index (χ3n) is 3.78. The molecule has 1 N–H and O–H groups in total. The topological polar surface area (TPSA) is 58.4 Å². The summed E-state index contributed by atoms with van der Waals surface area (Å²) >= 11 is 0. The molecule has 1 aliphatic rings. The molecule has 0 spiro atoms. The Balaban J connectivity index is 2.00. The van der Waals surface area contributed by atoms with Crippen molar-refractivity contribution < 1.29 is 9.90 Å². The van der Waals surface area contributed by atoms with Gasteiger partial charge in [0.15, 0.2) is 0 Å². The Morgan fingerprint density at radius 2 is 2.35 bits per heavy atom. The van der Waals surface area contributed by atoms with Crippen molar-refractivity contribution in [3.8, 4) is 0 Å². The van der Waals surface area contributed by atoms with Crippen molar-refractivity contribution in [1.82, 2.24) is 14.5 Å². The Hall–Kier alpha value is -1.36. The number of hydrogen-bond acceptors (Lipinski definition) is 3. The molecule has 0 radical (unpaired) electrons. The van der Waals surface area contributed by atoms with Gasteiger partial charge in [-0.1, -0.05) is 0 Å². The van der Waals surface area contributed by atoms with Crippen LogP contribution in [0.3, 0.4) is 0 Å². The summed E-state index contributed by atoms with van der Waals surface area (Å²) in [6, 6.07) is 0. The number of carbonyl (C=O) groups is 1. The van der Waals surface area contributed by atoms with Crippen LogP contribution in [0.1, 0.15) is 25.6 Å². The Kier molecular flexibility index (Phi) is 3.19. The van der Waals surface area contributed by atoms with E-state index in [1.54, 1.807) is 6.20 Å². The summed E-state index contributed by atoms with van der Waals surface area (Å²) in [4.78, 5) is 17.5. The Bertz CT molecular complexity index is 416. The zero-order valence-electron chi connectivity index (χ0n) is 10.4. The van der Waals surface area contributed by atoms with Crippen molar-refractivity contribution in [3.63, 3.8) is 0 Å². The predicted octanol–water partition coefficient (Wildman–Crippen LogP) is 1.13. The highest BCUT2D eigenvalue weighted by Crippen LogP contribution is 2.28. The third-order valence-corrected chi connectivity index (χ3v) is 3.78. The van der Waals surface area contributed by atoms with E-state index in [4.69, 9.17) is 0 Å². The molecule has 0 amide bonds. The molecule has 1 aromatic heterocycles. The molecule has 2 rings (SSSR count). The van der Waals surface area contributed by atoms with Crippen LogP contribution in [0.15, 0.2) is 12.4 Å². The van der Waals surface area contributed by atoms with Gasteiger partial charge in [0.05, 0.1) is 0 Å². The summed E-state index contributed by atoms with van der Waals surface area (Å²) in [5.74, 6) is 0.263. The fourth-order valence-electron chi connectivity index (χ4n) is 2.49. The number of aryl methyl sites for hydroxylation is 1. The summed E-state index contributed by atoms with van der Waals surface area (Å²) < 4.78 is 2.06. The van der Waals surface area contributed by atoms with Gasteiger partial charge in [-0.2, -0.15) is 0 Å². The van der Waals surface area contributed by atoms with Crippen molar-refractivity contribution in [2.24, 2.45) is 0 Å². The second-order valence-electron chi connectivity index (χ2n) is 4.84. The first-order valence-corrected chi connectivity index (χ1v) is 6.00. The Labute approximate surface area is 101 Å². The highest BCUT2D eigenvalue weighted by Gasteiger charge is 2.42. The van der Waals surface area contributed by atoms with Crippen LogP contribution in [0.25, 0.3) is 0 Å². The van der Waals surface area contributed by atoms with E-state index in [0.717, 1.165) is 38.3 Å². The minimum atomic E-state index is -0.711. The maximum atomic E-state index is 11.3. The molecule has 17 heavy (non-hydrogen) atoms. The van der Waals surface area contributed by atoms with Crippen molar-refractivity contribution in [2.45, 2.75) is 38.8 Å². The second kappa shape index (κ2) is 4.49. The van der Waals surface area contributed by atoms with E-state index in [1.165, 1.54) is 0 Å². The number of aliphatic carboxylic acids is 1. The lowest BCUT2D eigenvalue weighted by molar-refractivity contribution is -0.148. The zero-order chi connectivity index (χ0) is 12.5. The number of carboxylic acid groups (broad SMARTS) is 1. The summed E-state index contributed by atoms with van der Waals surface area (Å²) in [5.41, 5.74) is -0.686. The predicted molar refractivity (Wildman–Crippen MR) is 63.8 cm³/mol. The highest BCUT2D eigenvalue weighted by molar-refractivity contribution is 5.78. The first-order valence-electron chi connectivity index (χ1n) is 6.00. The Morgan fingerprint density at radius 1 is 1.59 bits per heavy atom. The standard InChI is InChI=1S/C12H19N3O2/c1-10-13-5-7-14(10)8-9-15-6-3-4-12(15,2)11(16)17/h5,7H,3-4,6,8-9H2,1-2H3,(H,16,17). The second-order valence-corrected chi connectivity index (χ2v) is 4.84. The van der Waals surface area contributed by atoms with Gasteiger partial charge in [-0.25, -0.2) is 4.98 Å². The fourth-order valence-corrected chi connectivity index (χ4v) is 2.49. The van der Waals surface area contributed by atoms with E-state index in [-0.39, 0.29) is 0 Å². The lowest BCUT2D eigenvalue weighted by atomic mass is 9.99. The van der Waals surface area contributed by atoms with Gasteiger partial charge in [-0.05, 0) is 33.2 Å². The molecule has 5 heteroatoms. The monoisotopic (exact) mass is 237 g/mol. The maximum Gasteiger partial charge on any atom is 0.323 e. The molecular weight excluding hydrogens is 218 g/mol. The summed E-state index contributed by atoms with van der Waals surface area (Å²) in [6.45, 7) is 6.22. The lowest BCUT2D eigenvalue weighted by Crippen LogP contribution is -2.48. The number of nitrogens with zero attached hydrogens (tertiary/aromatic N) is 3. The molecule has 1 aromatic rings. The highest BCUT2D eigenvalue weighted by atomic mass is 16.4. The maximum absolute atomic E-state index is 11.3. The van der Waals surface area contributed by atoms with Crippen LogP contribution >= 0.6 is 0 Å². The SMILES string of the molecule is Cc1nccn1CCN1CCCC1(C)C(=O)O. The molecule has 5 nitrogen and oxygen atoms in total. The number of imidazole rings is 1. The zero-order valence-corrected chi connectivity index (χ0v) is 10.4. The van der Waals surface area contributed by atoms with Gasteiger partial charge in [0.25, 0.3) is 0 Å². The van der Waals surface area contributed by atoms with E-state index >= 15 is 0 Å². The number of aromatic nitrogens is 2. The quantitative estimate of drug-likeness (QED) is 0.853. The molecule has 0 bridgehead atoms. The molecule has 0 saturated carbocycles. The van der Waals surface area contributed by atoms with Crippen molar-refractivity contribution in [2.75, 3.05) is 13.1 Å². The molecule has 1 fully saturated rings. The third kappa shape index (κ3) is 2.20. The van der Waals surface area contributed by atoms with Crippen LogP contribution in [-0.4, -0.2) is 44.2 Å². The van der Waals surface area contributed by atoms with Crippen LogP contribution in [0, 0.1) is 6.92 Å². The smallest absolute Gasteiger partial charge is 0.323 e. The normalized spacial score (nSPS) is 25.3. The van der Waals surface area contributed by atoms with Crippen LogP contribution in [-0.2, 0) is 11.3 Å². The fraction of sp³-hybridized carbons (Fsp3) is 0.667. The average Bonchev–Trinajstić information content (AvgIpc) is 2.83. The Morgan fingerprint density at radius 3 is 2.94 bits per heavy atom. The van der Waals surface area contributed by atoms with Gasteiger partial charge in [0.1, 0.15) is 11.4 Å². The molecule has 0 aliphatic carbocycles. The van der Waals surface area contributed by atoms with Gasteiger partial charge in [0, 0.05) is 25.5 Å². The van der Waals surface area contributed by atoms with Gasteiger partial charge in [-0.3, -0.25) is 9.69 Å². The van der Waals surface area contributed by atoms with Crippen molar-refractivity contribution >= 4 is 5.97 Å². The summed E-state index contributed by atoms with van der Waals surface area (Å²) in [7, 11) is 0. The van der Waals surface area contributed by atoms with Crippen molar-refractivity contribution in [1.29, 1.82) is 0 Å². The number of rotatable bonds is 4. The minimum absolute atomic E-state index is 0.686. The summed E-state index contributed by atoms with van der Waals surface area (Å²) in [5, 5.41) is 9.29. The number of likely N-dealkylation sites (tertiary alicyclic amines) is 1. The van der Waals surface area contributed by atoms with Crippen molar-refractivity contribution in [3.05, 3.63) is 18.2 Å². The molecule has 0 aromatic carbocycles. The molecule has 1 saturated heterocycles. The first kappa shape index (κ1) is 12.1. The number of carboxylic acids is 1.